The van der Waals surface area contributed by atoms with Crippen molar-refractivity contribution in [1.82, 2.24) is 0 Å². The quantitative estimate of drug-likeness (QED) is 0.0830. The van der Waals surface area contributed by atoms with E-state index >= 15 is 0 Å². The molecule has 0 fully saturated rings. The summed E-state index contributed by atoms with van der Waals surface area (Å²) in [6.45, 7) is 8.05. The number of rotatable bonds is 22. The Hall–Kier alpha value is -2.33. The fraction of sp³-hybridized carbons (Fsp3) is 0.639. The van der Waals surface area contributed by atoms with Crippen molar-refractivity contribution in [2.45, 2.75) is 117 Å². The maximum atomic E-state index is 12.6. The molecule has 40 heavy (non-hydrogen) atoms. The summed E-state index contributed by atoms with van der Waals surface area (Å²) in [5.74, 6) is 0.494. The Kier molecular flexibility index (Phi) is 16.7. The van der Waals surface area contributed by atoms with Gasteiger partial charge in [0.05, 0.1) is 20.6 Å². The van der Waals surface area contributed by atoms with E-state index in [-0.39, 0.29) is 24.6 Å². The van der Waals surface area contributed by atoms with E-state index in [1.54, 1.807) is 0 Å². The molecule has 0 heterocycles. The first-order chi connectivity index (χ1) is 19.3. The monoisotopic (exact) mass is 552 g/mol. The van der Waals surface area contributed by atoms with E-state index in [9.17, 15) is 4.79 Å². The molecule has 0 N–H and O–H groups in total. The first kappa shape index (κ1) is 33.9. The number of hydrogen-bond donors (Lipinski definition) is 0. The largest absolute Gasteiger partial charge is 0.487 e. The van der Waals surface area contributed by atoms with E-state index in [1.807, 2.05) is 32.0 Å². The molecule has 0 aliphatic heterocycles. The second-order valence-electron chi connectivity index (χ2n) is 12.5. The van der Waals surface area contributed by atoms with E-state index in [0.29, 0.717) is 0 Å². The van der Waals surface area contributed by atoms with Gasteiger partial charge in [-0.05, 0) is 44.4 Å². The Balaban J connectivity index is 1.56. The van der Waals surface area contributed by atoms with E-state index in [0.717, 1.165) is 29.7 Å². The Labute approximate surface area is 246 Å². The van der Waals surface area contributed by atoms with Crippen LogP contribution in [0.5, 0.6) is 5.75 Å². The molecule has 2 aromatic carbocycles. The van der Waals surface area contributed by atoms with Gasteiger partial charge >= 0.3 is 5.97 Å². The number of nitrogens with zero attached hydrogens (tertiary/aromatic N) is 1. The Morgan fingerprint density at radius 3 is 1.85 bits per heavy atom. The molecule has 0 aromatic heterocycles. The molecule has 0 spiro atoms. The van der Waals surface area contributed by atoms with Crippen molar-refractivity contribution in [2.24, 2.45) is 5.92 Å². The second kappa shape index (κ2) is 19.7. The molecule has 2 atom stereocenters. The average Bonchev–Trinajstić information content (AvgIpc) is 2.93. The highest BCUT2D eigenvalue weighted by Crippen LogP contribution is 2.18. The molecule has 2 rings (SSSR count). The molecule has 4 heteroatoms. The van der Waals surface area contributed by atoms with Crippen LogP contribution in [0.15, 0.2) is 54.6 Å². The van der Waals surface area contributed by atoms with Crippen LogP contribution in [0.25, 0.3) is 0 Å². The van der Waals surface area contributed by atoms with Crippen LogP contribution in [0, 0.1) is 5.92 Å². The normalized spacial score (nSPS) is 13.1. The zero-order valence-electron chi connectivity index (χ0n) is 26.3. The zero-order valence-corrected chi connectivity index (χ0v) is 26.3. The summed E-state index contributed by atoms with van der Waals surface area (Å²) in [7, 11) is 4.31. The highest BCUT2D eigenvalue weighted by atomic mass is 16.6. The Bertz CT molecular complexity index is 909. The average molecular weight is 553 g/mol. The first-order valence-electron chi connectivity index (χ1n) is 16.1. The van der Waals surface area contributed by atoms with Crippen molar-refractivity contribution in [3.63, 3.8) is 0 Å². The minimum atomic E-state index is -0.190. The molecule has 4 nitrogen and oxygen atoms in total. The number of unbranched alkanes of at least 4 members (excludes halogenated alkanes) is 11. The standard InChI is InChI=1S/C36H58NO3/c1-6-7-8-9-10-11-12-13-14-15-16-18-21-33-24-26-35(27-25-33)40-32(3)30-39-36(38)31(2)28-37(4,5)29-34-22-19-17-20-23-34/h17,19-20,22-27,31-32H,6-16,18,21,28-30H2,1-5H3/q+1. The van der Waals surface area contributed by atoms with Gasteiger partial charge in [-0.15, -0.1) is 0 Å². The molecule has 0 aliphatic rings. The van der Waals surface area contributed by atoms with Gasteiger partial charge in [0.1, 0.15) is 30.9 Å². The van der Waals surface area contributed by atoms with Crippen LogP contribution < -0.4 is 4.74 Å². The van der Waals surface area contributed by atoms with E-state index in [2.05, 4.69) is 57.4 Å². The summed E-state index contributed by atoms with van der Waals surface area (Å²) in [4.78, 5) is 12.6. The zero-order chi connectivity index (χ0) is 29.1. The number of hydrogen-bond acceptors (Lipinski definition) is 3. The molecule has 0 radical (unpaired) electrons. The summed E-state index contributed by atoms with van der Waals surface area (Å²) in [6.07, 6.45) is 17.5. The second-order valence-corrected chi connectivity index (χ2v) is 12.5. The topological polar surface area (TPSA) is 35.5 Å². The predicted molar refractivity (Wildman–Crippen MR) is 169 cm³/mol. The van der Waals surface area contributed by atoms with Gasteiger partial charge in [-0.2, -0.15) is 0 Å². The number of quaternary nitrogens is 1. The number of ether oxygens (including phenoxy) is 2. The van der Waals surface area contributed by atoms with Crippen LogP contribution in [0.2, 0.25) is 0 Å². The van der Waals surface area contributed by atoms with Gasteiger partial charge < -0.3 is 14.0 Å². The first-order valence-corrected chi connectivity index (χ1v) is 16.1. The van der Waals surface area contributed by atoms with Crippen LogP contribution in [-0.4, -0.2) is 43.8 Å². The van der Waals surface area contributed by atoms with Crippen LogP contribution in [0.4, 0.5) is 0 Å². The van der Waals surface area contributed by atoms with Gasteiger partial charge in [0.15, 0.2) is 0 Å². The third-order valence-corrected chi connectivity index (χ3v) is 7.66. The summed E-state index contributed by atoms with van der Waals surface area (Å²) < 4.78 is 12.4. The third-order valence-electron chi connectivity index (χ3n) is 7.66. The molecule has 2 unspecified atom stereocenters. The van der Waals surface area contributed by atoms with Crippen molar-refractivity contribution in [1.29, 1.82) is 0 Å². The van der Waals surface area contributed by atoms with Gasteiger partial charge in [-0.1, -0.05) is 120 Å². The molecular formula is C36H58NO3+. The van der Waals surface area contributed by atoms with Gasteiger partial charge in [0.2, 0.25) is 0 Å². The van der Waals surface area contributed by atoms with Crippen molar-refractivity contribution in [2.75, 3.05) is 27.2 Å². The Morgan fingerprint density at radius 2 is 1.27 bits per heavy atom. The summed E-state index contributed by atoms with van der Waals surface area (Å²) in [5.41, 5.74) is 2.64. The molecule has 0 saturated carbocycles. The maximum Gasteiger partial charge on any atom is 0.314 e. The number of carbonyl (C=O) groups excluding carboxylic acids is 1. The molecule has 2 aromatic rings. The lowest BCUT2D eigenvalue weighted by Gasteiger charge is -2.32. The van der Waals surface area contributed by atoms with Gasteiger partial charge in [-0.3, -0.25) is 4.79 Å². The lowest BCUT2D eigenvalue weighted by Crippen LogP contribution is -2.44. The number of esters is 1. The maximum absolute atomic E-state index is 12.6. The number of carbonyl (C=O) groups is 1. The molecule has 224 valence electrons. The highest BCUT2D eigenvalue weighted by molar-refractivity contribution is 5.72. The smallest absolute Gasteiger partial charge is 0.314 e. The van der Waals surface area contributed by atoms with Crippen molar-refractivity contribution in [3.8, 4) is 5.75 Å². The number of aryl methyl sites for hydroxylation is 1. The Morgan fingerprint density at radius 1 is 0.725 bits per heavy atom. The predicted octanol–water partition coefficient (Wildman–Crippen LogP) is 9.15. The van der Waals surface area contributed by atoms with E-state index in [1.165, 1.54) is 88.2 Å². The van der Waals surface area contributed by atoms with Crippen LogP contribution >= 0.6 is 0 Å². The van der Waals surface area contributed by atoms with Gasteiger partial charge in [0, 0.05) is 5.56 Å². The van der Waals surface area contributed by atoms with Gasteiger partial charge in [0.25, 0.3) is 0 Å². The molecular weight excluding hydrogens is 494 g/mol. The molecule has 0 amide bonds. The third kappa shape index (κ3) is 15.5. The van der Waals surface area contributed by atoms with Gasteiger partial charge in [-0.25, -0.2) is 0 Å². The van der Waals surface area contributed by atoms with E-state index < -0.39 is 0 Å². The molecule has 0 bridgehead atoms. The minimum absolute atomic E-state index is 0.160. The van der Waals surface area contributed by atoms with Crippen LogP contribution in [0.1, 0.15) is 109 Å². The summed E-state index contributed by atoms with van der Waals surface area (Å²) in [5, 5.41) is 0. The van der Waals surface area contributed by atoms with Crippen molar-refractivity contribution < 1.29 is 18.8 Å². The lowest BCUT2D eigenvalue weighted by molar-refractivity contribution is -0.905. The fourth-order valence-electron chi connectivity index (χ4n) is 5.47. The van der Waals surface area contributed by atoms with Crippen molar-refractivity contribution >= 4 is 5.97 Å². The van der Waals surface area contributed by atoms with E-state index in [4.69, 9.17) is 9.47 Å². The van der Waals surface area contributed by atoms with Crippen molar-refractivity contribution in [3.05, 3.63) is 65.7 Å². The SMILES string of the molecule is CCCCCCCCCCCCCCc1ccc(OC(C)COC(=O)C(C)C[N+](C)(C)Cc2ccccc2)cc1. The molecule has 0 saturated heterocycles. The molecule has 0 aliphatic carbocycles. The fourth-order valence-corrected chi connectivity index (χ4v) is 5.47. The minimum Gasteiger partial charge on any atom is -0.487 e. The number of benzene rings is 2. The highest BCUT2D eigenvalue weighted by Gasteiger charge is 2.26. The summed E-state index contributed by atoms with van der Waals surface area (Å²) >= 11 is 0. The lowest BCUT2D eigenvalue weighted by atomic mass is 10.0. The summed E-state index contributed by atoms with van der Waals surface area (Å²) in [6, 6.07) is 18.8. The van der Waals surface area contributed by atoms with Crippen LogP contribution in [0.3, 0.4) is 0 Å². The van der Waals surface area contributed by atoms with Crippen LogP contribution in [-0.2, 0) is 22.5 Å².